The molecule has 0 aliphatic carbocycles. The van der Waals surface area contributed by atoms with E-state index in [4.69, 9.17) is 16.6 Å². The van der Waals surface area contributed by atoms with Crippen LogP contribution in [0.1, 0.15) is 15.9 Å². The predicted molar refractivity (Wildman–Crippen MR) is 112 cm³/mol. The number of aliphatic carboxylic acids is 1. The van der Waals surface area contributed by atoms with Crippen molar-refractivity contribution in [3.05, 3.63) is 72.1 Å². The molecule has 1 unspecified atom stereocenters. The van der Waals surface area contributed by atoms with E-state index in [1.54, 1.807) is 6.20 Å². The minimum Gasteiger partial charge on any atom is -0.480 e. The Bertz CT molecular complexity index is 1210. The summed E-state index contributed by atoms with van der Waals surface area (Å²) >= 11 is 0. The average Bonchev–Trinajstić information content (AvgIpc) is 3.29. The van der Waals surface area contributed by atoms with E-state index in [9.17, 15) is 9.59 Å². The van der Waals surface area contributed by atoms with Crippen LogP contribution >= 0.6 is 0 Å². The molecule has 0 fully saturated rings. The first-order valence-corrected chi connectivity index (χ1v) is 9.38. The molecule has 0 aliphatic rings. The van der Waals surface area contributed by atoms with Gasteiger partial charge in [-0.15, -0.1) is 0 Å². The van der Waals surface area contributed by atoms with Gasteiger partial charge in [0, 0.05) is 35.1 Å². The quantitative estimate of drug-likeness (QED) is 0.402. The number of carboxylic acids is 1. The van der Waals surface area contributed by atoms with Crippen molar-refractivity contribution in [2.45, 2.75) is 24.9 Å². The van der Waals surface area contributed by atoms with Gasteiger partial charge in [-0.25, -0.2) is 0 Å². The van der Waals surface area contributed by atoms with Crippen LogP contribution in [0.2, 0.25) is 0 Å². The Kier molecular flexibility index (Phi) is 4.92. The van der Waals surface area contributed by atoms with E-state index < -0.39 is 18.1 Å². The van der Waals surface area contributed by atoms with Gasteiger partial charge >= 0.3 is 5.97 Å². The summed E-state index contributed by atoms with van der Waals surface area (Å²) in [6.45, 7) is 0. The fourth-order valence-electron chi connectivity index (χ4n) is 3.72. The van der Waals surface area contributed by atoms with Crippen LogP contribution in [0.3, 0.4) is 0 Å². The van der Waals surface area contributed by atoms with E-state index in [-0.39, 0.29) is 12.3 Å². The maximum absolute atomic E-state index is 13.1. The van der Waals surface area contributed by atoms with Crippen LogP contribution < -0.4 is 11.5 Å². The molecule has 148 valence electrons. The molecule has 29 heavy (non-hydrogen) atoms. The molecular formula is C22H22N4O3. The number of carbonyl (C=O) groups excluding carboxylic acids is 1. The summed E-state index contributed by atoms with van der Waals surface area (Å²) in [5, 5.41) is 11.0. The first-order valence-electron chi connectivity index (χ1n) is 9.38. The van der Waals surface area contributed by atoms with Crippen LogP contribution in [0.25, 0.3) is 21.8 Å². The van der Waals surface area contributed by atoms with Crippen molar-refractivity contribution in [1.29, 1.82) is 0 Å². The lowest BCUT2D eigenvalue weighted by Crippen LogP contribution is -2.36. The number of aromatic nitrogens is 2. The summed E-state index contributed by atoms with van der Waals surface area (Å²) in [6, 6.07) is 13.4. The average molecular weight is 390 g/mol. The van der Waals surface area contributed by atoms with Gasteiger partial charge in [0.05, 0.1) is 11.6 Å². The van der Waals surface area contributed by atoms with E-state index in [1.165, 1.54) is 4.57 Å². The van der Waals surface area contributed by atoms with Crippen LogP contribution in [0.5, 0.6) is 0 Å². The first kappa shape index (κ1) is 18.9. The maximum atomic E-state index is 13.1. The van der Waals surface area contributed by atoms with Crippen molar-refractivity contribution in [2.75, 3.05) is 0 Å². The Morgan fingerprint density at radius 3 is 2.34 bits per heavy atom. The lowest BCUT2D eigenvalue weighted by atomic mass is 10.0. The van der Waals surface area contributed by atoms with Crippen molar-refractivity contribution in [3.63, 3.8) is 0 Å². The zero-order valence-corrected chi connectivity index (χ0v) is 15.7. The van der Waals surface area contributed by atoms with Crippen molar-refractivity contribution < 1.29 is 14.7 Å². The zero-order valence-electron chi connectivity index (χ0n) is 15.7. The molecule has 7 heteroatoms. The van der Waals surface area contributed by atoms with Gasteiger partial charge in [0.1, 0.15) is 6.04 Å². The second kappa shape index (κ2) is 7.54. The maximum Gasteiger partial charge on any atom is 0.320 e. The molecular weight excluding hydrogens is 368 g/mol. The summed E-state index contributed by atoms with van der Waals surface area (Å²) in [5.74, 6) is -1.33. The second-order valence-electron chi connectivity index (χ2n) is 7.20. The fraction of sp³-hybridized carbons (Fsp3) is 0.182. The molecule has 0 saturated heterocycles. The van der Waals surface area contributed by atoms with Gasteiger partial charge in [-0.2, -0.15) is 0 Å². The molecule has 0 radical (unpaired) electrons. The Morgan fingerprint density at radius 2 is 1.59 bits per heavy atom. The third-order valence-electron chi connectivity index (χ3n) is 5.22. The second-order valence-corrected chi connectivity index (χ2v) is 7.20. The third kappa shape index (κ3) is 3.53. The van der Waals surface area contributed by atoms with Crippen LogP contribution in [-0.2, 0) is 17.6 Å². The fourth-order valence-corrected chi connectivity index (χ4v) is 3.72. The van der Waals surface area contributed by atoms with Gasteiger partial charge in [0.2, 0.25) is 5.91 Å². The largest absolute Gasteiger partial charge is 0.480 e. The SMILES string of the molecule is NC(Cc1c[nH]c2ccccc12)C(=O)n1cc(C[C@H](N)C(=O)O)c2ccccc21. The van der Waals surface area contributed by atoms with E-state index in [1.807, 2.05) is 54.7 Å². The minimum atomic E-state index is -1.08. The predicted octanol–water partition coefficient (Wildman–Crippen LogP) is 2.29. The standard InChI is InChI=1S/C22H22N4O3/c23-17(9-13-11-25-19-7-3-1-5-15(13)19)21(27)26-12-14(10-18(24)22(28)29)16-6-2-4-8-20(16)26/h1-8,11-12,17-18,25H,9-10,23-24H2,(H,28,29)/t17?,18-/m0/s1. The number of nitrogens with zero attached hydrogens (tertiary/aromatic N) is 1. The highest BCUT2D eigenvalue weighted by atomic mass is 16.4. The third-order valence-corrected chi connectivity index (χ3v) is 5.22. The van der Waals surface area contributed by atoms with Gasteiger partial charge in [-0.3, -0.25) is 14.2 Å². The summed E-state index contributed by atoms with van der Waals surface area (Å²) in [5.41, 5.74) is 15.4. The minimum absolute atomic E-state index is 0.133. The zero-order chi connectivity index (χ0) is 20.5. The molecule has 0 bridgehead atoms. The van der Waals surface area contributed by atoms with Crippen molar-refractivity contribution in [2.24, 2.45) is 11.5 Å². The van der Waals surface area contributed by atoms with Gasteiger partial charge in [0.15, 0.2) is 0 Å². The number of carboxylic acid groups (broad SMARTS) is 1. The van der Waals surface area contributed by atoms with Gasteiger partial charge in [0.25, 0.3) is 0 Å². The molecule has 7 nitrogen and oxygen atoms in total. The monoisotopic (exact) mass is 390 g/mol. The van der Waals surface area contributed by atoms with E-state index >= 15 is 0 Å². The molecule has 2 aromatic carbocycles. The molecule has 0 spiro atoms. The Balaban J connectivity index is 1.65. The number of benzene rings is 2. The van der Waals surface area contributed by atoms with Crippen molar-refractivity contribution in [3.8, 4) is 0 Å². The molecule has 2 aromatic heterocycles. The van der Waals surface area contributed by atoms with Crippen molar-refractivity contribution in [1.82, 2.24) is 9.55 Å². The number of carbonyl (C=O) groups is 2. The van der Waals surface area contributed by atoms with Crippen LogP contribution in [0, 0.1) is 0 Å². The van der Waals surface area contributed by atoms with E-state index in [0.29, 0.717) is 17.5 Å². The van der Waals surface area contributed by atoms with E-state index in [2.05, 4.69) is 4.98 Å². The number of H-pyrrole nitrogens is 1. The van der Waals surface area contributed by atoms with Crippen LogP contribution in [-0.4, -0.2) is 38.6 Å². The smallest absolute Gasteiger partial charge is 0.320 e. The first-order chi connectivity index (χ1) is 14.0. The highest BCUT2D eigenvalue weighted by Crippen LogP contribution is 2.24. The van der Waals surface area contributed by atoms with Crippen LogP contribution in [0.4, 0.5) is 0 Å². The Hall–Kier alpha value is -3.42. The summed E-state index contributed by atoms with van der Waals surface area (Å²) < 4.78 is 1.51. The van der Waals surface area contributed by atoms with Gasteiger partial charge < -0.3 is 21.6 Å². The summed E-state index contributed by atoms with van der Waals surface area (Å²) in [6.07, 6.45) is 4.06. The molecule has 0 saturated carbocycles. The molecule has 0 amide bonds. The van der Waals surface area contributed by atoms with Crippen molar-refractivity contribution >= 4 is 33.7 Å². The topological polar surface area (TPSA) is 127 Å². The number of nitrogens with one attached hydrogen (secondary N) is 1. The van der Waals surface area contributed by atoms with E-state index in [0.717, 1.165) is 21.9 Å². The highest BCUT2D eigenvalue weighted by molar-refractivity contribution is 5.97. The number of hydrogen-bond donors (Lipinski definition) is 4. The summed E-state index contributed by atoms with van der Waals surface area (Å²) in [4.78, 5) is 27.5. The number of fused-ring (bicyclic) bond motifs is 2. The molecule has 4 rings (SSSR count). The summed E-state index contributed by atoms with van der Waals surface area (Å²) in [7, 11) is 0. The molecule has 2 heterocycles. The molecule has 6 N–H and O–H groups in total. The Labute approximate surface area is 166 Å². The number of hydrogen-bond acceptors (Lipinski definition) is 4. The molecule has 2 atom stereocenters. The number of nitrogens with two attached hydrogens (primary N) is 2. The highest BCUT2D eigenvalue weighted by Gasteiger charge is 2.22. The lowest BCUT2D eigenvalue weighted by molar-refractivity contribution is -0.138. The Morgan fingerprint density at radius 1 is 0.931 bits per heavy atom. The molecule has 0 aliphatic heterocycles. The number of rotatable bonds is 6. The van der Waals surface area contributed by atoms with Crippen LogP contribution in [0.15, 0.2) is 60.9 Å². The number of aromatic amines is 1. The lowest BCUT2D eigenvalue weighted by Gasteiger charge is -2.12. The molecule has 4 aromatic rings. The van der Waals surface area contributed by atoms with Gasteiger partial charge in [-0.05, 0) is 29.7 Å². The van der Waals surface area contributed by atoms with Gasteiger partial charge in [-0.1, -0.05) is 36.4 Å². The number of para-hydroxylation sites is 2. The normalized spacial score (nSPS) is 13.6.